The maximum atomic E-state index is 6.05. The molecule has 0 spiro atoms. The minimum Gasteiger partial charge on any atom is -0.376 e. The van der Waals surface area contributed by atoms with Crippen molar-refractivity contribution < 1.29 is 42.6 Å². The first-order valence-corrected chi connectivity index (χ1v) is 10.3. The van der Waals surface area contributed by atoms with Crippen molar-refractivity contribution in [3.8, 4) is 0 Å². The number of rotatable bonds is 0. The molecule has 5 aliphatic heterocycles. The Kier molecular flexibility index (Phi) is 5.25. The van der Waals surface area contributed by atoms with Gasteiger partial charge in [0.15, 0.2) is 24.2 Å². The van der Waals surface area contributed by atoms with Gasteiger partial charge in [-0.2, -0.15) is 0 Å². The molecule has 4 saturated heterocycles. The highest BCUT2D eigenvalue weighted by Gasteiger charge is 2.57. The topological polar surface area (TPSA) is 83.1 Å². The minimum absolute atomic E-state index is 0.278. The lowest BCUT2D eigenvalue weighted by molar-refractivity contribution is -0.231. The van der Waals surface area contributed by atoms with E-state index >= 15 is 0 Å². The Hall–Kier alpha value is -0.620. The van der Waals surface area contributed by atoms with Crippen LogP contribution in [0.4, 0.5) is 0 Å². The standard InChI is InChI=1S/C20H30O9/c1-19(2)26-15-13-11(24-17(15)28-19)9-21-10-12-14(23-8-6-5-7-22-13)16-18(25-12)29-20(3,4)27-16/h5-6,11-18H,7-10H2,1-4H3/b6-5-/t11-,12-,13+,14+,15-,16-,17-,18-/m1/s1. The van der Waals surface area contributed by atoms with Crippen molar-refractivity contribution in [2.45, 2.75) is 88.5 Å². The highest BCUT2D eigenvalue weighted by molar-refractivity contribution is 4.97. The van der Waals surface area contributed by atoms with E-state index in [1.165, 1.54) is 0 Å². The first-order valence-electron chi connectivity index (χ1n) is 10.3. The maximum Gasteiger partial charge on any atom is 0.190 e. The van der Waals surface area contributed by atoms with E-state index in [9.17, 15) is 0 Å². The Labute approximate surface area is 170 Å². The van der Waals surface area contributed by atoms with Crippen LogP contribution in [-0.4, -0.2) is 87.2 Å². The number of ether oxygens (including phenoxy) is 9. The van der Waals surface area contributed by atoms with Crippen molar-refractivity contribution in [1.29, 1.82) is 0 Å². The number of hydrogen-bond donors (Lipinski definition) is 0. The normalized spacial score (nSPS) is 49.8. The molecule has 5 rings (SSSR count). The van der Waals surface area contributed by atoms with E-state index in [1.54, 1.807) is 0 Å². The van der Waals surface area contributed by atoms with E-state index in [2.05, 4.69) is 0 Å². The van der Waals surface area contributed by atoms with Crippen LogP contribution in [0.3, 0.4) is 0 Å². The number of hydrogen-bond acceptors (Lipinski definition) is 9. The second kappa shape index (κ2) is 7.51. The molecule has 0 saturated carbocycles. The molecule has 0 aliphatic carbocycles. The van der Waals surface area contributed by atoms with Crippen LogP contribution in [0.25, 0.3) is 0 Å². The smallest absolute Gasteiger partial charge is 0.190 e. The predicted octanol–water partition coefficient (Wildman–Crippen LogP) is 1.10. The molecule has 0 bridgehead atoms. The van der Waals surface area contributed by atoms with Crippen LogP contribution in [0.5, 0.6) is 0 Å². The van der Waals surface area contributed by atoms with Crippen LogP contribution < -0.4 is 0 Å². The van der Waals surface area contributed by atoms with Gasteiger partial charge in [-0.25, -0.2) is 0 Å². The summed E-state index contributed by atoms with van der Waals surface area (Å²) in [6, 6.07) is 0. The van der Waals surface area contributed by atoms with Gasteiger partial charge < -0.3 is 42.6 Å². The quantitative estimate of drug-likeness (QED) is 0.541. The van der Waals surface area contributed by atoms with Crippen LogP contribution in [0, 0.1) is 0 Å². The van der Waals surface area contributed by atoms with Gasteiger partial charge in [0.25, 0.3) is 0 Å². The van der Waals surface area contributed by atoms with Gasteiger partial charge >= 0.3 is 0 Å². The lowest BCUT2D eigenvalue weighted by Crippen LogP contribution is -2.41. The highest BCUT2D eigenvalue weighted by atomic mass is 16.9. The largest absolute Gasteiger partial charge is 0.376 e. The third-order valence-electron chi connectivity index (χ3n) is 5.68. The molecule has 0 aromatic heterocycles. The second-order valence-electron chi connectivity index (χ2n) is 8.89. The molecule has 0 amide bonds. The van der Waals surface area contributed by atoms with Crippen LogP contribution >= 0.6 is 0 Å². The molecule has 0 aromatic rings. The molecular formula is C20H30O9. The Morgan fingerprint density at radius 2 is 1.07 bits per heavy atom. The van der Waals surface area contributed by atoms with Gasteiger partial charge in [0.05, 0.1) is 26.4 Å². The Morgan fingerprint density at radius 3 is 1.52 bits per heavy atom. The van der Waals surface area contributed by atoms with Crippen LogP contribution in [0.2, 0.25) is 0 Å². The molecule has 8 atom stereocenters. The Balaban J connectivity index is 1.26. The lowest BCUT2D eigenvalue weighted by atomic mass is 10.1. The molecule has 0 aromatic carbocycles. The monoisotopic (exact) mass is 414 g/mol. The van der Waals surface area contributed by atoms with Crippen molar-refractivity contribution in [2.24, 2.45) is 0 Å². The summed E-state index contributed by atoms with van der Waals surface area (Å²) in [7, 11) is 0. The Morgan fingerprint density at radius 1 is 0.621 bits per heavy atom. The van der Waals surface area contributed by atoms with E-state index < -0.39 is 24.2 Å². The average Bonchev–Trinajstić information content (AvgIpc) is 3.27. The fourth-order valence-corrected chi connectivity index (χ4v) is 4.53. The van der Waals surface area contributed by atoms with Crippen molar-refractivity contribution in [3.05, 3.63) is 12.2 Å². The molecule has 9 heteroatoms. The first-order chi connectivity index (χ1) is 13.8. The molecule has 0 radical (unpaired) electrons. The molecule has 4 fully saturated rings. The number of fused-ring (bicyclic) bond motifs is 6. The van der Waals surface area contributed by atoms with Gasteiger partial charge in [-0.05, 0) is 27.7 Å². The molecular weight excluding hydrogens is 384 g/mol. The zero-order chi connectivity index (χ0) is 20.2. The molecule has 0 unspecified atom stereocenters. The van der Waals surface area contributed by atoms with E-state index in [1.807, 2.05) is 39.8 Å². The van der Waals surface area contributed by atoms with E-state index in [4.69, 9.17) is 42.6 Å². The van der Waals surface area contributed by atoms with Gasteiger partial charge in [0, 0.05) is 0 Å². The summed E-state index contributed by atoms with van der Waals surface area (Å²) in [6.45, 7) is 9.00. The van der Waals surface area contributed by atoms with Gasteiger partial charge in [-0.15, -0.1) is 0 Å². The molecule has 164 valence electrons. The van der Waals surface area contributed by atoms with Crippen molar-refractivity contribution >= 4 is 0 Å². The average molecular weight is 414 g/mol. The van der Waals surface area contributed by atoms with E-state index in [0.717, 1.165) is 0 Å². The summed E-state index contributed by atoms with van der Waals surface area (Å²) in [5.41, 5.74) is 0. The second-order valence-corrected chi connectivity index (χ2v) is 8.89. The van der Waals surface area contributed by atoms with Gasteiger partial charge in [-0.1, -0.05) is 12.2 Å². The van der Waals surface area contributed by atoms with Crippen molar-refractivity contribution in [1.82, 2.24) is 0 Å². The fourth-order valence-electron chi connectivity index (χ4n) is 4.53. The molecule has 9 nitrogen and oxygen atoms in total. The third-order valence-corrected chi connectivity index (χ3v) is 5.68. The summed E-state index contributed by atoms with van der Waals surface area (Å²) >= 11 is 0. The predicted molar refractivity (Wildman–Crippen MR) is 96.8 cm³/mol. The van der Waals surface area contributed by atoms with Gasteiger partial charge in [0.1, 0.15) is 36.6 Å². The summed E-state index contributed by atoms with van der Waals surface area (Å²) < 4.78 is 53.8. The minimum atomic E-state index is -0.689. The highest BCUT2D eigenvalue weighted by Crippen LogP contribution is 2.40. The molecule has 5 aliphatic rings. The van der Waals surface area contributed by atoms with Crippen LogP contribution in [-0.2, 0) is 42.6 Å². The van der Waals surface area contributed by atoms with Gasteiger partial charge in [-0.3, -0.25) is 0 Å². The summed E-state index contributed by atoms with van der Waals surface area (Å²) in [6.07, 6.45) is 1.25. The maximum absolute atomic E-state index is 6.05. The SMILES string of the molecule is CC1(C)O[C@H]2O[C@@H]3COC[C@H]4O[C@@H]5OC(C)(C)O[C@@H]5[C@H]4OC/C=C\CO[C@@H]3[C@H]2O1. The van der Waals surface area contributed by atoms with Crippen molar-refractivity contribution in [2.75, 3.05) is 26.4 Å². The molecule has 5 heterocycles. The lowest BCUT2D eigenvalue weighted by Gasteiger charge is -2.27. The van der Waals surface area contributed by atoms with Crippen LogP contribution in [0.1, 0.15) is 27.7 Å². The van der Waals surface area contributed by atoms with Gasteiger partial charge in [0.2, 0.25) is 0 Å². The zero-order valence-corrected chi connectivity index (χ0v) is 17.3. The molecule has 0 N–H and O–H groups in total. The molecule has 29 heavy (non-hydrogen) atoms. The Bertz CT molecular complexity index is 583. The summed E-state index contributed by atoms with van der Waals surface area (Å²) in [5.74, 6) is -1.38. The van der Waals surface area contributed by atoms with E-state index in [-0.39, 0.29) is 36.6 Å². The first kappa shape index (κ1) is 20.3. The zero-order valence-electron chi connectivity index (χ0n) is 17.3. The third kappa shape index (κ3) is 4.00. The van der Waals surface area contributed by atoms with Crippen molar-refractivity contribution in [3.63, 3.8) is 0 Å². The fraction of sp³-hybridized carbons (Fsp3) is 0.900. The summed E-state index contributed by atoms with van der Waals surface area (Å²) in [5, 5.41) is 0. The van der Waals surface area contributed by atoms with Crippen LogP contribution in [0.15, 0.2) is 12.2 Å². The van der Waals surface area contributed by atoms with E-state index in [0.29, 0.717) is 26.4 Å². The summed E-state index contributed by atoms with van der Waals surface area (Å²) in [4.78, 5) is 0.